The summed E-state index contributed by atoms with van der Waals surface area (Å²) in [5.41, 5.74) is 6.40. The van der Waals surface area contributed by atoms with Crippen LogP contribution in [-0.2, 0) is 4.74 Å². The zero-order valence-corrected chi connectivity index (χ0v) is 20.4. The smallest absolute Gasteiger partial charge is 0.341 e. The Labute approximate surface area is 202 Å². The highest BCUT2D eigenvalue weighted by atomic mass is 16.5. The maximum atomic E-state index is 12.0. The van der Waals surface area contributed by atoms with E-state index in [1.807, 2.05) is 6.07 Å². The van der Waals surface area contributed by atoms with Crippen LogP contribution in [0.3, 0.4) is 0 Å². The lowest BCUT2D eigenvalue weighted by Crippen LogP contribution is -2.60. The first-order valence-electron chi connectivity index (χ1n) is 12.3. The first-order valence-corrected chi connectivity index (χ1v) is 12.3. The van der Waals surface area contributed by atoms with Crippen molar-refractivity contribution in [2.75, 3.05) is 45.2 Å². The van der Waals surface area contributed by atoms with Gasteiger partial charge in [-0.1, -0.05) is 31.4 Å². The van der Waals surface area contributed by atoms with Crippen LogP contribution in [0.15, 0.2) is 36.8 Å². The molecule has 2 aromatic rings. The molecule has 3 heterocycles. The first-order chi connectivity index (χ1) is 16.5. The van der Waals surface area contributed by atoms with Gasteiger partial charge in [0.15, 0.2) is 11.6 Å². The molecule has 0 radical (unpaired) electrons. The number of anilines is 1. The highest BCUT2D eigenvalue weighted by Gasteiger charge is 2.45. The molecule has 2 N–H and O–H groups in total. The van der Waals surface area contributed by atoms with Crippen LogP contribution in [0.5, 0.6) is 11.5 Å². The summed E-state index contributed by atoms with van der Waals surface area (Å²) in [4.78, 5) is 25.2. The maximum Gasteiger partial charge on any atom is 0.341 e. The molecule has 8 nitrogen and oxygen atoms in total. The minimum absolute atomic E-state index is 0.380. The number of para-hydroxylation sites is 1. The van der Waals surface area contributed by atoms with Crippen molar-refractivity contribution in [1.29, 1.82) is 0 Å². The third-order valence-electron chi connectivity index (χ3n) is 7.22. The Hall–Kier alpha value is -2.71. The van der Waals surface area contributed by atoms with E-state index in [0.29, 0.717) is 28.5 Å². The van der Waals surface area contributed by atoms with Crippen LogP contribution < -0.4 is 15.4 Å². The molecule has 184 valence electrons. The van der Waals surface area contributed by atoms with Gasteiger partial charge in [-0.25, -0.2) is 14.8 Å². The molecular weight excluding hydrogens is 430 g/mol. The van der Waals surface area contributed by atoms with E-state index in [-0.39, 0.29) is 0 Å². The molecule has 1 aromatic carbocycles. The van der Waals surface area contributed by atoms with Crippen LogP contribution in [0.2, 0.25) is 0 Å². The van der Waals surface area contributed by atoms with Crippen LogP contribution in [0, 0.1) is 5.41 Å². The van der Waals surface area contributed by atoms with Gasteiger partial charge in [-0.3, -0.25) is 0 Å². The van der Waals surface area contributed by atoms with Gasteiger partial charge in [-0.15, -0.1) is 0 Å². The van der Waals surface area contributed by atoms with Crippen molar-refractivity contribution in [2.24, 2.45) is 11.1 Å². The summed E-state index contributed by atoms with van der Waals surface area (Å²) in [7, 11) is 3.54. The molecule has 3 fully saturated rings. The van der Waals surface area contributed by atoms with Gasteiger partial charge in [0.1, 0.15) is 17.6 Å². The number of carbonyl (C=O) groups excluding carboxylic acids is 1. The third kappa shape index (κ3) is 5.85. The molecular formula is C26H37N5O3. The maximum absolute atomic E-state index is 12.0. The molecule has 0 atom stereocenters. The van der Waals surface area contributed by atoms with Gasteiger partial charge in [0.05, 0.1) is 13.3 Å². The van der Waals surface area contributed by atoms with Crippen molar-refractivity contribution in [3.63, 3.8) is 0 Å². The molecule has 0 amide bonds. The number of carbonyl (C=O) groups is 1. The predicted molar refractivity (Wildman–Crippen MR) is 132 cm³/mol. The summed E-state index contributed by atoms with van der Waals surface area (Å²) in [6.07, 6.45) is 12.3. The highest BCUT2D eigenvalue weighted by molar-refractivity contribution is 5.92. The Kier molecular flexibility index (Phi) is 8.00. The van der Waals surface area contributed by atoms with Gasteiger partial charge < -0.3 is 25.0 Å². The van der Waals surface area contributed by atoms with E-state index in [1.54, 1.807) is 24.4 Å². The lowest BCUT2D eigenvalue weighted by atomic mass is 9.72. The number of hydrogen-bond acceptors (Lipinski definition) is 8. The minimum atomic E-state index is -0.432. The number of esters is 1. The number of likely N-dealkylation sites (tertiary alicyclic amines) is 1. The number of nitrogens with zero attached hydrogens (tertiary/aromatic N) is 4. The fourth-order valence-electron chi connectivity index (χ4n) is 5.03. The highest BCUT2D eigenvalue weighted by Crippen LogP contribution is 2.44. The minimum Gasteiger partial charge on any atom is -0.465 e. The van der Waals surface area contributed by atoms with E-state index in [9.17, 15) is 4.79 Å². The van der Waals surface area contributed by atoms with E-state index in [0.717, 1.165) is 32.0 Å². The average Bonchev–Trinajstić information content (AvgIpc) is 2.85. The summed E-state index contributed by atoms with van der Waals surface area (Å²) in [5.74, 6) is 1.33. The number of benzene rings is 1. The number of rotatable bonds is 4. The summed E-state index contributed by atoms with van der Waals surface area (Å²) in [5, 5.41) is 0. The van der Waals surface area contributed by atoms with E-state index >= 15 is 0 Å². The topological polar surface area (TPSA) is 93.8 Å². The molecule has 1 aromatic heterocycles. The quantitative estimate of drug-likeness (QED) is 0.678. The molecule has 5 rings (SSSR count). The van der Waals surface area contributed by atoms with Gasteiger partial charge in [-0.05, 0) is 58.0 Å². The fraction of sp³-hybridized carbons (Fsp3) is 0.577. The van der Waals surface area contributed by atoms with Crippen molar-refractivity contribution < 1.29 is 14.3 Å². The Morgan fingerprint density at radius 1 is 1.09 bits per heavy atom. The molecule has 2 aliphatic heterocycles. The lowest BCUT2D eigenvalue weighted by Gasteiger charge is -2.54. The number of methoxy groups -OCH3 is 1. The van der Waals surface area contributed by atoms with Crippen molar-refractivity contribution >= 4 is 11.8 Å². The van der Waals surface area contributed by atoms with Gasteiger partial charge in [0.2, 0.25) is 0 Å². The van der Waals surface area contributed by atoms with Gasteiger partial charge in [-0.2, -0.15) is 0 Å². The number of ether oxygens (including phenoxy) is 2. The normalized spacial score (nSPS) is 20.1. The Morgan fingerprint density at radius 3 is 2.44 bits per heavy atom. The fourth-order valence-corrected chi connectivity index (χ4v) is 5.03. The van der Waals surface area contributed by atoms with Crippen LogP contribution >= 0.6 is 0 Å². The van der Waals surface area contributed by atoms with Crippen molar-refractivity contribution in [3.05, 3.63) is 42.4 Å². The number of aromatic nitrogens is 2. The molecule has 8 heteroatoms. The second-order valence-electron chi connectivity index (χ2n) is 9.86. The summed E-state index contributed by atoms with van der Waals surface area (Å²) < 4.78 is 10.9. The van der Waals surface area contributed by atoms with E-state index in [2.05, 4.69) is 26.8 Å². The first kappa shape index (κ1) is 24.4. The standard InChI is InChI=1S/C20H24N4O3.C6H13N/c1-23-9-7-20(8-10-23)12-24(13-20)18-17(11-21-14-22-18)27-16-6-4-3-5-15(16)19(25)26-2;7-6-4-2-1-3-5-6/h3-6,11,14H,7-10,12-13H2,1-2H3;6H,1-5,7H2. The second kappa shape index (κ2) is 11.1. The molecule has 0 bridgehead atoms. The molecule has 34 heavy (non-hydrogen) atoms. The van der Waals surface area contributed by atoms with E-state index in [1.165, 1.54) is 58.4 Å². The van der Waals surface area contributed by atoms with E-state index in [4.69, 9.17) is 15.2 Å². The molecule has 1 saturated carbocycles. The summed E-state index contributed by atoms with van der Waals surface area (Å²) >= 11 is 0. The Balaban J connectivity index is 0.000000336. The van der Waals surface area contributed by atoms with Crippen LogP contribution in [0.25, 0.3) is 0 Å². The predicted octanol–water partition coefficient (Wildman–Crippen LogP) is 3.87. The second-order valence-corrected chi connectivity index (χ2v) is 9.86. The van der Waals surface area contributed by atoms with Crippen molar-refractivity contribution in [3.8, 4) is 11.5 Å². The Morgan fingerprint density at radius 2 is 1.79 bits per heavy atom. The van der Waals surface area contributed by atoms with Crippen molar-refractivity contribution in [2.45, 2.75) is 51.0 Å². The number of piperidine rings is 1. The monoisotopic (exact) mass is 467 g/mol. The average molecular weight is 468 g/mol. The van der Waals surface area contributed by atoms with E-state index < -0.39 is 5.97 Å². The van der Waals surface area contributed by atoms with Crippen LogP contribution in [-0.4, -0.2) is 67.2 Å². The zero-order valence-electron chi connectivity index (χ0n) is 20.4. The SMILES string of the molecule is COC(=O)c1ccccc1Oc1cncnc1N1CC2(CCN(C)CC2)C1.NC1CCCCC1. The van der Waals surface area contributed by atoms with Gasteiger partial charge in [0, 0.05) is 24.5 Å². The number of nitrogens with two attached hydrogens (primary N) is 1. The Bertz CT molecular complexity index is 947. The molecule has 3 aliphatic rings. The zero-order chi connectivity index (χ0) is 24.0. The summed E-state index contributed by atoms with van der Waals surface area (Å²) in [6.45, 7) is 4.25. The third-order valence-corrected chi connectivity index (χ3v) is 7.22. The lowest BCUT2D eigenvalue weighted by molar-refractivity contribution is 0.0598. The van der Waals surface area contributed by atoms with Crippen LogP contribution in [0.1, 0.15) is 55.3 Å². The largest absolute Gasteiger partial charge is 0.465 e. The number of hydrogen-bond donors (Lipinski definition) is 1. The van der Waals surface area contributed by atoms with Gasteiger partial charge >= 0.3 is 5.97 Å². The summed E-state index contributed by atoms with van der Waals surface area (Å²) in [6, 6.07) is 7.57. The molecule has 1 aliphatic carbocycles. The molecule has 0 unspecified atom stereocenters. The molecule has 2 saturated heterocycles. The van der Waals surface area contributed by atoms with Crippen molar-refractivity contribution in [1.82, 2.24) is 14.9 Å². The molecule has 1 spiro atoms. The van der Waals surface area contributed by atoms with Gasteiger partial charge in [0.25, 0.3) is 0 Å². The van der Waals surface area contributed by atoms with Crippen LogP contribution in [0.4, 0.5) is 5.82 Å².